The maximum Gasteiger partial charge on any atom is 0.251 e. The highest BCUT2D eigenvalue weighted by Crippen LogP contribution is 2.21. The van der Waals surface area contributed by atoms with Crippen LogP contribution in [0.3, 0.4) is 0 Å². The Hall–Kier alpha value is -1.26. The van der Waals surface area contributed by atoms with Crippen LogP contribution in [0.1, 0.15) is 18.4 Å². The van der Waals surface area contributed by atoms with Crippen molar-refractivity contribution in [1.29, 1.82) is 0 Å². The molecule has 0 saturated carbocycles. The molecule has 1 heterocycles. The van der Waals surface area contributed by atoms with Gasteiger partial charge in [0.1, 0.15) is 12.5 Å². The summed E-state index contributed by atoms with van der Waals surface area (Å²) in [4.78, 5) is 16.8. The molecule has 1 unspecified atom stereocenters. The number of hydrogen-bond acceptors (Lipinski definition) is 2. The van der Waals surface area contributed by atoms with Crippen LogP contribution in [0.15, 0.2) is 10.9 Å². The highest BCUT2D eigenvalue weighted by atomic mass is 19.2. The third kappa shape index (κ3) is 2.11. The molecule has 0 radical (unpaired) electrons. The monoisotopic (exact) mass is 188 g/mol. The van der Waals surface area contributed by atoms with E-state index in [9.17, 15) is 13.6 Å². The molecular weight excluding hydrogens is 178 g/mol. The van der Waals surface area contributed by atoms with Crippen molar-refractivity contribution in [3.05, 3.63) is 27.9 Å². The molecule has 1 aromatic rings. The Kier molecular flexibility index (Phi) is 2.45. The van der Waals surface area contributed by atoms with Crippen molar-refractivity contribution in [1.82, 2.24) is 9.97 Å². The maximum absolute atomic E-state index is 13.3. The van der Waals surface area contributed by atoms with Gasteiger partial charge in [0.25, 0.3) is 5.56 Å². The van der Waals surface area contributed by atoms with E-state index in [0.29, 0.717) is 5.69 Å². The molecule has 0 saturated heterocycles. The van der Waals surface area contributed by atoms with Gasteiger partial charge in [-0.05, 0) is 13.8 Å². The fourth-order valence-corrected chi connectivity index (χ4v) is 0.889. The Morgan fingerprint density at radius 2 is 2.31 bits per heavy atom. The van der Waals surface area contributed by atoms with E-state index in [1.54, 1.807) is 6.92 Å². The molecule has 0 fully saturated rings. The van der Waals surface area contributed by atoms with E-state index >= 15 is 0 Å². The lowest BCUT2D eigenvalue weighted by molar-refractivity contribution is 0.130. The molecule has 0 bridgehead atoms. The van der Waals surface area contributed by atoms with E-state index in [1.807, 2.05) is 0 Å². The summed E-state index contributed by atoms with van der Waals surface area (Å²) in [6.45, 7) is 1.37. The molecule has 1 atom stereocenters. The number of aromatic nitrogens is 2. The molecule has 5 heteroatoms. The first-order valence-electron chi connectivity index (χ1n) is 3.79. The first-order chi connectivity index (χ1) is 5.95. The number of H-pyrrole nitrogens is 1. The second-order valence-corrected chi connectivity index (χ2v) is 3.07. The molecule has 3 nitrogen and oxygen atoms in total. The summed E-state index contributed by atoms with van der Waals surface area (Å²) in [6.07, 6.45) is 0. The molecule has 72 valence electrons. The SMILES string of the molecule is Cc1cc(=O)[nH]c(C(C)(F)CF)n1. The molecule has 1 N–H and O–H groups in total. The summed E-state index contributed by atoms with van der Waals surface area (Å²) in [5.41, 5.74) is -2.32. The zero-order valence-corrected chi connectivity index (χ0v) is 7.40. The van der Waals surface area contributed by atoms with E-state index < -0.39 is 17.9 Å². The largest absolute Gasteiger partial charge is 0.308 e. The topological polar surface area (TPSA) is 45.8 Å². The highest BCUT2D eigenvalue weighted by molar-refractivity contribution is 5.06. The van der Waals surface area contributed by atoms with Crippen molar-refractivity contribution in [2.75, 3.05) is 6.67 Å². The summed E-state index contributed by atoms with van der Waals surface area (Å²) in [5.74, 6) is -0.264. The Bertz CT molecular complexity index is 359. The van der Waals surface area contributed by atoms with Crippen molar-refractivity contribution in [3.63, 3.8) is 0 Å². The molecule has 13 heavy (non-hydrogen) atoms. The van der Waals surface area contributed by atoms with Crippen LogP contribution in [0, 0.1) is 6.92 Å². The summed E-state index contributed by atoms with van der Waals surface area (Å²) >= 11 is 0. The van der Waals surface area contributed by atoms with Gasteiger partial charge in [0.05, 0.1) is 0 Å². The Balaban J connectivity index is 3.23. The standard InChI is InChI=1S/C8H10F2N2O/c1-5-3-6(13)12-7(11-5)8(2,10)4-9/h3H,4H2,1-2H3,(H,11,12,13). The van der Waals surface area contributed by atoms with Crippen LogP contribution >= 0.6 is 0 Å². The van der Waals surface area contributed by atoms with Gasteiger partial charge in [-0.1, -0.05) is 0 Å². The van der Waals surface area contributed by atoms with E-state index in [4.69, 9.17) is 0 Å². The van der Waals surface area contributed by atoms with Crippen molar-refractivity contribution >= 4 is 0 Å². The van der Waals surface area contributed by atoms with Crippen molar-refractivity contribution in [3.8, 4) is 0 Å². The number of halogens is 2. The average Bonchev–Trinajstić information content (AvgIpc) is 2.02. The van der Waals surface area contributed by atoms with Gasteiger partial charge in [0.15, 0.2) is 5.67 Å². The molecule has 0 spiro atoms. The number of aromatic amines is 1. The minimum Gasteiger partial charge on any atom is -0.308 e. The van der Waals surface area contributed by atoms with Gasteiger partial charge in [0, 0.05) is 11.8 Å². The van der Waals surface area contributed by atoms with Gasteiger partial charge in [-0.25, -0.2) is 13.8 Å². The first kappa shape index (κ1) is 9.83. The van der Waals surface area contributed by atoms with Crippen LogP contribution in [0.4, 0.5) is 8.78 Å². The van der Waals surface area contributed by atoms with E-state index in [-0.39, 0.29) is 5.82 Å². The lowest BCUT2D eigenvalue weighted by atomic mass is 10.1. The molecule has 0 aliphatic heterocycles. The van der Waals surface area contributed by atoms with Gasteiger partial charge in [-0.3, -0.25) is 4.79 Å². The first-order valence-corrected chi connectivity index (χ1v) is 3.79. The summed E-state index contributed by atoms with van der Waals surface area (Å²) < 4.78 is 25.5. The van der Waals surface area contributed by atoms with Crippen LogP contribution in [0.25, 0.3) is 0 Å². The zero-order chi connectivity index (χ0) is 10.1. The van der Waals surface area contributed by atoms with Gasteiger partial charge in [0.2, 0.25) is 0 Å². The lowest BCUT2D eigenvalue weighted by Crippen LogP contribution is -2.25. The molecule has 0 aromatic carbocycles. The summed E-state index contributed by atoms with van der Waals surface area (Å²) in [6, 6.07) is 1.22. The predicted octanol–water partition coefficient (Wildman–Crippen LogP) is 1.23. The summed E-state index contributed by atoms with van der Waals surface area (Å²) in [5, 5.41) is 0. The van der Waals surface area contributed by atoms with Crippen molar-refractivity contribution in [2.45, 2.75) is 19.5 Å². The molecule has 0 aliphatic rings. The second kappa shape index (κ2) is 3.24. The fourth-order valence-electron chi connectivity index (χ4n) is 0.889. The number of nitrogens with one attached hydrogen (secondary N) is 1. The van der Waals surface area contributed by atoms with Crippen molar-refractivity contribution < 1.29 is 8.78 Å². The number of nitrogens with zero attached hydrogens (tertiary/aromatic N) is 1. The van der Waals surface area contributed by atoms with Crippen LogP contribution in [0.2, 0.25) is 0 Å². The Morgan fingerprint density at radius 1 is 1.69 bits per heavy atom. The smallest absolute Gasteiger partial charge is 0.251 e. The molecule has 1 aromatic heterocycles. The normalized spacial score (nSPS) is 15.4. The predicted molar refractivity (Wildman–Crippen MR) is 44.0 cm³/mol. The lowest BCUT2D eigenvalue weighted by Gasteiger charge is -2.14. The van der Waals surface area contributed by atoms with E-state index in [2.05, 4.69) is 9.97 Å². The second-order valence-electron chi connectivity index (χ2n) is 3.07. The Labute approximate surface area is 73.8 Å². The third-order valence-corrected chi connectivity index (χ3v) is 1.61. The van der Waals surface area contributed by atoms with Crippen LogP contribution in [0.5, 0.6) is 0 Å². The van der Waals surface area contributed by atoms with Crippen molar-refractivity contribution in [2.24, 2.45) is 0 Å². The average molecular weight is 188 g/mol. The maximum atomic E-state index is 13.3. The summed E-state index contributed by atoms with van der Waals surface area (Å²) in [7, 11) is 0. The van der Waals surface area contributed by atoms with Gasteiger partial charge >= 0.3 is 0 Å². The molecular formula is C8H10F2N2O. The van der Waals surface area contributed by atoms with Crippen LogP contribution < -0.4 is 5.56 Å². The minimum atomic E-state index is -2.22. The van der Waals surface area contributed by atoms with Gasteiger partial charge in [-0.15, -0.1) is 0 Å². The van der Waals surface area contributed by atoms with Gasteiger partial charge in [-0.2, -0.15) is 0 Å². The van der Waals surface area contributed by atoms with Gasteiger partial charge < -0.3 is 4.98 Å². The number of alkyl halides is 2. The quantitative estimate of drug-likeness (QED) is 0.758. The van der Waals surface area contributed by atoms with E-state index in [0.717, 1.165) is 6.92 Å². The molecule has 0 aliphatic carbocycles. The highest BCUT2D eigenvalue weighted by Gasteiger charge is 2.28. The fraction of sp³-hybridized carbons (Fsp3) is 0.500. The minimum absolute atomic E-state index is 0.264. The number of hydrogen-bond donors (Lipinski definition) is 1. The van der Waals surface area contributed by atoms with Crippen LogP contribution in [-0.2, 0) is 5.67 Å². The zero-order valence-electron chi connectivity index (χ0n) is 7.40. The number of rotatable bonds is 2. The number of aryl methyl sites for hydroxylation is 1. The molecule has 1 rings (SSSR count). The third-order valence-electron chi connectivity index (χ3n) is 1.61. The van der Waals surface area contributed by atoms with E-state index in [1.165, 1.54) is 6.07 Å². The Morgan fingerprint density at radius 3 is 2.77 bits per heavy atom. The van der Waals surface area contributed by atoms with Crippen LogP contribution in [-0.4, -0.2) is 16.6 Å². The molecule has 0 amide bonds.